The van der Waals surface area contributed by atoms with Crippen LogP contribution < -0.4 is 5.73 Å². The summed E-state index contributed by atoms with van der Waals surface area (Å²) < 4.78 is 6.65. The van der Waals surface area contributed by atoms with Crippen LogP contribution in [0.25, 0.3) is 22.7 Å². The molecule has 3 aromatic heterocycles. The molecule has 7 nitrogen and oxygen atoms in total. The van der Waals surface area contributed by atoms with Crippen LogP contribution in [0.15, 0.2) is 23.0 Å². The van der Waals surface area contributed by atoms with Crippen LogP contribution >= 0.6 is 0 Å². The Morgan fingerprint density at radius 1 is 1.37 bits per heavy atom. The fourth-order valence-corrected chi connectivity index (χ4v) is 2.03. The molecular formula is C12H14N6O. The fraction of sp³-hybridized carbons (Fsp3) is 0.333. The van der Waals surface area contributed by atoms with Crippen LogP contribution in [0.4, 0.5) is 5.82 Å². The van der Waals surface area contributed by atoms with Crippen molar-refractivity contribution in [1.29, 1.82) is 0 Å². The number of nitrogen functional groups attached to an aromatic ring is 1. The molecule has 0 fully saturated rings. The molecule has 3 aromatic rings. The van der Waals surface area contributed by atoms with Crippen molar-refractivity contribution in [2.75, 3.05) is 5.73 Å². The largest absolute Gasteiger partial charge is 0.379 e. The van der Waals surface area contributed by atoms with Gasteiger partial charge in [0.2, 0.25) is 0 Å². The van der Waals surface area contributed by atoms with Gasteiger partial charge in [0.1, 0.15) is 5.52 Å². The molecule has 19 heavy (non-hydrogen) atoms. The van der Waals surface area contributed by atoms with Gasteiger partial charge in [0.15, 0.2) is 23.0 Å². The van der Waals surface area contributed by atoms with Crippen molar-refractivity contribution >= 4 is 17.0 Å². The van der Waals surface area contributed by atoms with E-state index in [1.165, 1.54) is 0 Å². The number of aromatic nitrogens is 5. The van der Waals surface area contributed by atoms with Crippen LogP contribution in [0, 0.1) is 5.92 Å². The van der Waals surface area contributed by atoms with Crippen LogP contribution in [-0.2, 0) is 6.54 Å². The molecule has 0 radical (unpaired) electrons. The minimum absolute atomic E-state index is 0.236. The Bertz CT molecular complexity index is 714. The van der Waals surface area contributed by atoms with Gasteiger partial charge in [-0.25, -0.2) is 14.6 Å². The maximum atomic E-state index is 5.75. The molecule has 0 unspecified atom stereocenters. The predicted octanol–water partition coefficient (Wildman–Crippen LogP) is 1.72. The summed E-state index contributed by atoms with van der Waals surface area (Å²) in [7, 11) is 0. The monoisotopic (exact) mass is 258 g/mol. The topological polar surface area (TPSA) is 95.7 Å². The molecule has 3 rings (SSSR count). The number of hydrogen-bond acceptors (Lipinski definition) is 6. The first-order chi connectivity index (χ1) is 9.16. The average molecular weight is 258 g/mol. The summed E-state index contributed by atoms with van der Waals surface area (Å²) in [5.74, 6) is 1.32. The summed E-state index contributed by atoms with van der Waals surface area (Å²) in [6.07, 6.45) is 1.75. The zero-order valence-corrected chi connectivity index (χ0v) is 10.7. The molecule has 0 amide bonds. The number of nitrogens with zero attached hydrogens (tertiary/aromatic N) is 5. The number of hydrogen-bond donors (Lipinski definition) is 1. The van der Waals surface area contributed by atoms with Gasteiger partial charge in [0.05, 0.1) is 0 Å². The standard InChI is InChI=1S/C12H14N6O/c1-7(2)6-18-11-8(4-3-5-14-11)15-12(18)9-10(13)17-19-16-9/h3-5,7H,6H2,1-2H3,(H2,13,17). The maximum absolute atomic E-state index is 5.75. The molecule has 0 spiro atoms. The van der Waals surface area contributed by atoms with E-state index < -0.39 is 0 Å². The van der Waals surface area contributed by atoms with E-state index in [2.05, 4.69) is 38.8 Å². The normalized spacial score (nSPS) is 11.5. The van der Waals surface area contributed by atoms with Gasteiger partial charge in [-0.2, -0.15) is 0 Å². The van der Waals surface area contributed by atoms with Crippen molar-refractivity contribution in [2.45, 2.75) is 20.4 Å². The second-order valence-electron chi connectivity index (χ2n) is 4.78. The van der Waals surface area contributed by atoms with Crippen molar-refractivity contribution < 1.29 is 4.63 Å². The molecule has 98 valence electrons. The van der Waals surface area contributed by atoms with E-state index in [4.69, 9.17) is 5.73 Å². The van der Waals surface area contributed by atoms with E-state index in [1.54, 1.807) is 6.20 Å². The molecule has 0 bridgehead atoms. The third-order valence-electron chi connectivity index (χ3n) is 2.78. The van der Waals surface area contributed by atoms with Gasteiger partial charge in [0, 0.05) is 12.7 Å². The molecule has 0 saturated heterocycles. The highest BCUT2D eigenvalue weighted by Crippen LogP contribution is 2.26. The summed E-state index contributed by atoms with van der Waals surface area (Å²) in [5.41, 5.74) is 7.83. The van der Waals surface area contributed by atoms with Gasteiger partial charge in [-0.1, -0.05) is 13.8 Å². The van der Waals surface area contributed by atoms with Crippen LogP contribution in [0.3, 0.4) is 0 Å². The van der Waals surface area contributed by atoms with Gasteiger partial charge in [-0.3, -0.25) is 0 Å². The molecule has 0 aliphatic carbocycles. The SMILES string of the molecule is CC(C)Cn1c(-c2nonc2N)nc2cccnc21. The van der Waals surface area contributed by atoms with Gasteiger partial charge in [-0.15, -0.1) is 0 Å². The molecule has 7 heteroatoms. The number of nitrogens with two attached hydrogens (primary N) is 1. The summed E-state index contributed by atoms with van der Waals surface area (Å²) in [5, 5.41) is 7.43. The Labute approximate surface area is 109 Å². The van der Waals surface area contributed by atoms with E-state index in [0.717, 1.165) is 17.7 Å². The highest BCUT2D eigenvalue weighted by atomic mass is 16.6. The van der Waals surface area contributed by atoms with Crippen molar-refractivity contribution in [3.63, 3.8) is 0 Å². The first-order valence-corrected chi connectivity index (χ1v) is 6.06. The number of imidazole rings is 1. The Balaban J connectivity index is 2.26. The molecule has 0 saturated carbocycles. The van der Waals surface area contributed by atoms with Crippen LogP contribution in [-0.4, -0.2) is 24.8 Å². The lowest BCUT2D eigenvalue weighted by Crippen LogP contribution is -2.07. The number of rotatable bonds is 3. The first kappa shape index (κ1) is 11.6. The number of anilines is 1. The van der Waals surface area contributed by atoms with Crippen molar-refractivity contribution in [1.82, 2.24) is 24.8 Å². The molecule has 0 aromatic carbocycles. The van der Waals surface area contributed by atoms with Crippen LogP contribution in [0.1, 0.15) is 13.8 Å². The maximum Gasteiger partial charge on any atom is 0.199 e. The van der Waals surface area contributed by atoms with Crippen LogP contribution in [0.2, 0.25) is 0 Å². The predicted molar refractivity (Wildman–Crippen MR) is 70.1 cm³/mol. The van der Waals surface area contributed by atoms with E-state index in [0.29, 0.717) is 17.4 Å². The lowest BCUT2D eigenvalue weighted by Gasteiger charge is -2.09. The zero-order valence-electron chi connectivity index (χ0n) is 10.7. The second kappa shape index (κ2) is 4.34. The molecule has 0 atom stereocenters. The summed E-state index contributed by atoms with van der Waals surface area (Å²) in [6.45, 7) is 5.03. The Morgan fingerprint density at radius 2 is 2.21 bits per heavy atom. The smallest absolute Gasteiger partial charge is 0.199 e. The Hall–Kier alpha value is -2.44. The van der Waals surface area contributed by atoms with Crippen LogP contribution in [0.5, 0.6) is 0 Å². The van der Waals surface area contributed by atoms with Crippen molar-refractivity contribution in [2.24, 2.45) is 5.92 Å². The number of pyridine rings is 1. The average Bonchev–Trinajstić information content (AvgIpc) is 2.93. The van der Waals surface area contributed by atoms with E-state index in [-0.39, 0.29) is 5.82 Å². The molecule has 3 heterocycles. The Morgan fingerprint density at radius 3 is 2.89 bits per heavy atom. The third kappa shape index (κ3) is 1.92. The second-order valence-corrected chi connectivity index (χ2v) is 4.78. The van der Waals surface area contributed by atoms with Gasteiger partial charge >= 0.3 is 0 Å². The lowest BCUT2D eigenvalue weighted by atomic mass is 10.2. The summed E-state index contributed by atoms with van der Waals surface area (Å²) >= 11 is 0. The molecule has 0 aliphatic rings. The molecule has 0 aliphatic heterocycles. The summed E-state index contributed by atoms with van der Waals surface area (Å²) in [6, 6.07) is 3.76. The van der Waals surface area contributed by atoms with Gasteiger partial charge < -0.3 is 10.3 Å². The zero-order chi connectivity index (χ0) is 13.4. The van der Waals surface area contributed by atoms with E-state index in [1.807, 2.05) is 16.7 Å². The van der Waals surface area contributed by atoms with Crippen molar-refractivity contribution in [3.05, 3.63) is 18.3 Å². The minimum atomic E-state index is 0.236. The Kier molecular flexibility index (Phi) is 2.66. The van der Waals surface area contributed by atoms with Gasteiger partial charge in [0.25, 0.3) is 0 Å². The molecular weight excluding hydrogens is 244 g/mol. The van der Waals surface area contributed by atoms with E-state index in [9.17, 15) is 0 Å². The quantitative estimate of drug-likeness (QED) is 0.768. The summed E-state index contributed by atoms with van der Waals surface area (Å²) in [4.78, 5) is 8.90. The minimum Gasteiger partial charge on any atom is -0.379 e. The third-order valence-corrected chi connectivity index (χ3v) is 2.78. The number of fused-ring (bicyclic) bond motifs is 1. The lowest BCUT2D eigenvalue weighted by molar-refractivity contribution is 0.310. The first-order valence-electron chi connectivity index (χ1n) is 6.06. The van der Waals surface area contributed by atoms with Gasteiger partial charge in [-0.05, 0) is 28.4 Å². The highest BCUT2D eigenvalue weighted by molar-refractivity contribution is 5.78. The molecule has 2 N–H and O–H groups in total. The van der Waals surface area contributed by atoms with Crippen molar-refractivity contribution in [3.8, 4) is 11.5 Å². The van der Waals surface area contributed by atoms with E-state index >= 15 is 0 Å². The highest BCUT2D eigenvalue weighted by Gasteiger charge is 2.19. The fourth-order valence-electron chi connectivity index (χ4n) is 2.03.